The summed E-state index contributed by atoms with van der Waals surface area (Å²) in [5, 5.41) is 6.10. The van der Waals surface area contributed by atoms with Gasteiger partial charge in [-0.15, -0.1) is 0 Å². The van der Waals surface area contributed by atoms with Gasteiger partial charge in [0.05, 0.1) is 18.4 Å². The van der Waals surface area contributed by atoms with Gasteiger partial charge in [-0.05, 0) is 62.4 Å². The zero-order valence-electron chi connectivity index (χ0n) is 17.0. The molecule has 0 atom stereocenters. The third-order valence-corrected chi connectivity index (χ3v) is 4.65. The van der Waals surface area contributed by atoms with Crippen LogP contribution >= 0.6 is 0 Å². The molecule has 6 heteroatoms. The maximum Gasteiger partial charge on any atom is 0.257 e. The van der Waals surface area contributed by atoms with Crippen molar-refractivity contribution in [3.8, 4) is 5.75 Å². The molecular formula is C23H26N4O2. The Bertz CT molecular complexity index is 936. The highest BCUT2D eigenvalue weighted by molar-refractivity contribution is 6.04. The number of ether oxygens (including phenoxy) is 1. The fourth-order valence-corrected chi connectivity index (χ4v) is 3.04. The summed E-state index contributed by atoms with van der Waals surface area (Å²) in [5.41, 5.74) is 3.19. The molecule has 0 unspecified atom stereocenters. The van der Waals surface area contributed by atoms with Gasteiger partial charge in [-0.2, -0.15) is 0 Å². The van der Waals surface area contributed by atoms with Crippen LogP contribution in [0.15, 0.2) is 66.9 Å². The van der Waals surface area contributed by atoms with Crippen molar-refractivity contribution in [1.82, 2.24) is 4.98 Å². The highest BCUT2D eigenvalue weighted by Crippen LogP contribution is 2.26. The van der Waals surface area contributed by atoms with Crippen LogP contribution in [0.2, 0.25) is 0 Å². The van der Waals surface area contributed by atoms with E-state index in [4.69, 9.17) is 4.74 Å². The topological polar surface area (TPSA) is 66.5 Å². The van der Waals surface area contributed by atoms with Crippen molar-refractivity contribution in [3.63, 3.8) is 0 Å². The van der Waals surface area contributed by atoms with Gasteiger partial charge in [-0.25, -0.2) is 4.98 Å². The fraction of sp³-hybridized carbons (Fsp3) is 0.217. The first kappa shape index (κ1) is 20.2. The molecule has 0 fully saturated rings. The van der Waals surface area contributed by atoms with Crippen LogP contribution in [0.3, 0.4) is 0 Å². The number of benzene rings is 2. The Balaban J connectivity index is 1.64. The van der Waals surface area contributed by atoms with Gasteiger partial charge in [-0.1, -0.05) is 12.1 Å². The molecule has 3 aromatic rings. The van der Waals surface area contributed by atoms with Crippen LogP contribution < -0.4 is 20.3 Å². The number of pyridine rings is 1. The van der Waals surface area contributed by atoms with Crippen LogP contribution in [0.25, 0.3) is 0 Å². The van der Waals surface area contributed by atoms with E-state index in [-0.39, 0.29) is 5.91 Å². The van der Waals surface area contributed by atoms with Gasteiger partial charge in [0.1, 0.15) is 11.6 Å². The minimum absolute atomic E-state index is 0.197. The summed E-state index contributed by atoms with van der Waals surface area (Å²) in [4.78, 5) is 19.1. The van der Waals surface area contributed by atoms with Gasteiger partial charge >= 0.3 is 0 Å². The number of nitrogens with zero attached hydrogens (tertiary/aromatic N) is 2. The molecule has 0 bridgehead atoms. The van der Waals surface area contributed by atoms with Gasteiger partial charge in [0, 0.05) is 30.7 Å². The van der Waals surface area contributed by atoms with Crippen molar-refractivity contribution in [1.29, 1.82) is 0 Å². The van der Waals surface area contributed by atoms with Crippen molar-refractivity contribution < 1.29 is 9.53 Å². The number of carbonyl (C=O) groups excluding carboxylic acids is 1. The molecule has 2 aromatic carbocycles. The average molecular weight is 390 g/mol. The SMILES string of the molecule is CCN(CC)c1ccc(NC(=O)c2ccc(Nc3ccccc3OC)nc2)cc1. The van der Waals surface area contributed by atoms with Crippen molar-refractivity contribution >= 4 is 28.8 Å². The number of para-hydroxylation sites is 2. The lowest BCUT2D eigenvalue weighted by molar-refractivity contribution is 0.102. The lowest BCUT2D eigenvalue weighted by atomic mass is 10.2. The van der Waals surface area contributed by atoms with E-state index in [1.807, 2.05) is 48.5 Å². The van der Waals surface area contributed by atoms with Crippen LogP contribution in [0.4, 0.5) is 22.9 Å². The second kappa shape index (κ2) is 9.59. The summed E-state index contributed by atoms with van der Waals surface area (Å²) in [6.07, 6.45) is 1.55. The van der Waals surface area contributed by atoms with E-state index in [1.165, 1.54) is 0 Å². The quantitative estimate of drug-likeness (QED) is 0.571. The van der Waals surface area contributed by atoms with Crippen molar-refractivity contribution in [3.05, 3.63) is 72.4 Å². The van der Waals surface area contributed by atoms with Gasteiger partial charge in [0.15, 0.2) is 0 Å². The summed E-state index contributed by atoms with van der Waals surface area (Å²) < 4.78 is 5.33. The number of anilines is 4. The molecule has 3 rings (SSSR count). The normalized spacial score (nSPS) is 10.3. The first-order valence-electron chi connectivity index (χ1n) is 9.67. The molecule has 0 saturated heterocycles. The summed E-state index contributed by atoms with van der Waals surface area (Å²) in [6.45, 7) is 6.14. The molecule has 1 heterocycles. The van der Waals surface area contributed by atoms with Gasteiger partial charge in [0.2, 0.25) is 0 Å². The molecule has 0 spiro atoms. The summed E-state index contributed by atoms with van der Waals surface area (Å²) in [5.74, 6) is 1.16. The maximum absolute atomic E-state index is 12.5. The van der Waals surface area contributed by atoms with E-state index in [2.05, 4.69) is 34.4 Å². The Kier molecular flexibility index (Phi) is 6.68. The fourth-order valence-electron chi connectivity index (χ4n) is 3.04. The lowest BCUT2D eigenvalue weighted by Crippen LogP contribution is -2.21. The molecule has 0 saturated carbocycles. The number of hydrogen-bond acceptors (Lipinski definition) is 5. The zero-order chi connectivity index (χ0) is 20.6. The molecule has 1 amide bonds. The minimum atomic E-state index is -0.197. The molecular weight excluding hydrogens is 364 g/mol. The first-order valence-corrected chi connectivity index (χ1v) is 9.67. The first-order chi connectivity index (χ1) is 14.1. The molecule has 0 aliphatic heterocycles. The summed E-state index contributed by atoms with van der Waals surface area (Å²) in [7, 11) is 1.62. The van der Waals surface area contributed by atoms with Gasteiger partial charge in [-0.3, -0.25) is 4.79 Å². The third-order valence-electron chi connectivity index (χ3n) is 4.65. The zero-order valence-corrected chi connectivity index (χ0v) is 17.0. The van der Waals surface area contributed by atoms with E-state index < -0.39 is 0 Å². The average Bonchev–Trinajstić information content (AvgIpc) is 2.76. The highest BCUT2D eigenvalue weighted by atomic mass is 16.5. The van der Waals surface area contributed by atoms with E-state index in [9.17, 15) is 4.79 Å². The summed E-state index contributed by atoms with van der Waals surface area (Å²) >= 11 is 0. The van der Waals surface area contributed by atoms with Gasteiger partial charge < -0.3 is 20.3 Å². The van der Waals surface area contributed by atoms with E-state index in [0.29, 0.717) is 11.4 Å². The second-order valence-electron chi connectivity index (χ2n) is 6.43. The number of carbonyl (C=O) groups is 1. The number of amides is 1. The van der Waals surface area contributed by atoms with Crippen LogP contribution in [0.1, 0.15) is 24.2 Å². The van der Waals surface area contributed by atoms with Crippen molar-refractivity contribution in [2.24, 2.45) is 0 Å². The molecule has 150 valence electrons. The van der Waals surface area contributed by atoms with Crippen LogP contribution in [-0.2, 0) is 0 Å². The standard InChI is InChI=1S/C23H26N4O2/c1-4-27(5-2)19-13-11-18(12-14-19)25-23(28)17-10-15-22(24-16-17)26-20-8-6-7-9-21(20)29-3/h6-16H,4-5H2,1-3H3,(H,24,26)(H,25,28). The molecule has 6 nitrogen and oxygen atoms in total. The third kappa shape index (κ3) is 5.04. The highest BCUT2D eigenvalue weighted by Gasteiger charge is 2.09. The Morgan fingerprint density at radius 2 is 1.72 bits per heavy atom. The van der Waals surface area contributed by atoms with Crippen LogP contribution in [0.5, 0.6) is 5.75 Å². The van der Waals surface area contributed by atoms with Crippen molar-refractivity contribution in [2.45, 2.75) is 13.8 Å². The maximum atomic E-state index is 12.5. The van der Waals surface area contributed by atoms with Gasteiger partial charge in [0.25, 0.3) is 5.91 Å². The Morgan fingerprint density at radius 3 is 2.34 bits per heavy atom. The number of aromatic nitrogens is 1. The van der Waals surface area contributed by atoms with Crippen LogP contribution in [-0.4, -0.2) is 31.1 Å². The molecule has 0 aliphatic carbocycles. The van der Waals surface area contributed by atoms with E-state index in [1.54, 1.807) is 25.4 Å². The molecule has 2 N–H and O–H groups in total. The number of nitrogens with one attached hydrogen (secondary N) is 2. The van der Waals surface area contributed by atoms with Crippen molar-refractivity contribution in [2.75, 3.05) is 35.7 Å². The number of methoxy groups -OCH3 is 1. The number of rotatable bonds is 8. The molecule has 0 aliphatic rings. The second-order valence-corrected chi connectivity index (χ2v) is 6.43. The monoisotopic (exact) mass is 390 g/mol. The Labute approximate surface area is 171 Å². The summed E-state index contributed by atoms with van der Waals surface area (Å²) in [6, 6.07) is 19.0. The minimum Gasteiger partial charge on any atom is -0.495 e. The van der Waals surface area contributed by atoms with Crippen LogP contribution in [0, 0.1) is 0 Å². The molecule has 0 radical (unpaired) electrons. The Morgan fingerprint density at radius 1 is 1.00 bits per heavy atom. The largest absolute Gasteiger partial charge is 0.495 e. The predicted molar refractivity (Wildman–Crippen MR) is 118 cm³/mol. The smallest absolute Gasteiger partial charge is 0.257 e. The predicted octanol–water partition coefficient (Wildman–Crippen LogP) is 4.93. The van der Waals surface area contributed by atoms with E-state index >= 15 is 0 Å². The number of hydrogen-bond donors (Lipinski definition) is 2. The van der Waals surface area contributed by atoms with E-state index in [0.717, 1.165) is 35.9 Å². The Hall–Kier alpha value is -3.54. The lowest BCUT2D eigenvalue weighted by Gasteiger charge is -2.21. The molecule has 1 aromatic heterocycles. The molecule has 29 heavy (non-hydrogen) atoms.